The Kier molecular flexibility index (Phi) is 9.80. The minimum absolute atomic E-state index is 0.0215. The van der Waals surface area contributed by atoms with Crippen LogP contribution in [0.2, 0.25) is 0 Å². The van der Waals surface area contributed by atoms with Crippen LogP contribution in [0.15, 0.2) is 24.3 Å². The maximum Gasteiger partial charge on any atom is 0.170 e. The van der Waals surface area contributed by atoms with Gasteiger partial charge in [0, 0.05) is 12.0 Å². The number of unbranched alkanes of at least 4 members (excludes halogenated alkanes) is 4. The van der Waals surface area contributed by atoms with Gasteiger partial charge in [-0.2, -0.15) is 0 Å². The highest BCUT2D eigenvalue weighted by Crippen LogP contribution is 2.37. The Balaban J connectivity index is 1.75. The first-order valence-corrected chi connectivity index (χ1v) is 11.3. The third kappa shape index (κ3) is 7.60. The first kappa shape index (κ1) is 21.9. The first-order chi connectivity index (χ1) is 13.1. The van der Waals surface area contributed by atoms with Crippen molar-refractivity contribution in [3.8, 4) is 0 Å². The fourth-order valence-corrected chi connectivity index (χ4v) is 4.43. The zero-order chi connectivity index (χ0) is 19.5. The monoisotopic (exact) mass is 370 g/mol. The van der Waals surface area contributed by atoms with Crippen molar-refractivity contribution >= 4 is 11.6 Å². The highest BCUT2D eigenvalue weighted by molar-refractivity contribution is 6.07. The normalized spacial score (nSPS) is 19.8. The van der Waals surface area contributed by atoms with E-state index in [0.717, 1.165) is 18.8 Å². The number of hydrogen-bond acceptors (Lipinski definition) is 2. The Morgan fingerprint density at radius 3 is 2.15 bits per heavy atom. The molecule has 0 unspecified atom stereocenters. The van der Waals surface area contributed by atoms with E-state index in [-0.39, 0.29) is 18.0 Å². The lowest BCUT2D eigenvalue weighted by molar-refractivity contribution is -0.118. The number of carbonyl (C=O) groups excluding carboxylic acids is 2. The van der Waals surface area contributed by atoms with Crippen molar-refractivity contribution in [2.24, 2.45) is 5.92 Å². The van der Waals surface area contributed by atoms with Gasteiger partial charge in [0.2, 0.25) is 0 Å². The molecule has 1 saturated carbocycles. The Labute approximate surface area is 166 Å². The summed E-state index contributed by atoms with van der Waals surface area (Å²) in [7, 11) is 0. The fraction of sp³-hybridized carbons (Fsp3) is 0.680. The van der Waals surface area contributed by atoms with Crippen molar-refractivity contribution in [1.82, 2.24) is 0 Å². The number of hydrogen-bond donors (Lipinski definition) is 0. The van der Waals surface area contributed by atoms with Crippen LogP contribution in [-0.4, -0.2) is 11.6 Å². The molecule has 0 aliphatic heterocycles. The summed E-state index contributed by atoms with van der Waals surface area (Å²) in [6.45, 7) is 4.46. The van der Waals surface area contributed by atoms with E-state index in [9.17, 15) is 9.59 Å². The summed E-state index contributed by atoms with van der Waals surface area (Å²) in [5, 5.41) is 0. The maximum absolute atomic E-state index is 12.4. The van der Waals surface area contributed by atoms with Crippen molar-refractivity contribution in [3.63, 3.8) is 0 Å². The second-order valence-corrected chi connectivity index (χ2v) is 8.43. The predicted octanol–water partition coefficient (Wildman–Crippen LogP) is 7.26. The van der Waals surface area contributed by atoms with Gasteiger partial charge in [0.05, 0.1) is 6.42 Å². The predicted molar refractivity (Wildman–Crippen MR) is 113 cm³/mol. The van der Waals surface area contributed by atoms with Crippen molar-refractivity contribution in [2.45, 2.75) is 103 Å². The number of benzene rings is 1. The minimum atomic E-state index is -0.0215. The van der Waals surface area contributed by atoms with Crippen LogP contribution in [0.3, 0.4) is 0 Å². The Morgan fingerprint density at radius 1 is 0.852 bits per heavy atom. The van der Waals surface area contributed by atoms with Crippen LogP contribution in [0.1, 0.15) is 119 Å². The van der Waals surface area contributed by atoms with Gasteiger partial charge in [-0.15, -0.1) is 0 Å². The largest absolute Gasteiger partial charge is 0.299 e. The first-order valence-electron chi connectivity index (χ1n) is 11.3. The van der Waals surface area contributed by atoms with E-state index in [4.69, 9.17) is 0 Å². The summed E-state index contributed by atoms with van der Waals surface area (Å²) in [5.41, 5.74) is 2.06. The minimum Gasteiger partial charge on any atom is -0.299 e. The molecule has 0 radical (unpaired) electrons. The average Bonchev–Trinajstić information content (AvgIpc) is 2.69. The van der Waals surface area contributed by atoms with Gasteiger partial charge in [0.1, 0.15) is 5.78 Å². The van der Waals surface area contributed by atoms with Gasteiger partial charge in [-0.1, -0.05) is 76.6 Å². The molecule has 1 fully saturated rings. The molecule has 2 nitrogen and oxygen atoms in total. The summed E-state index contributed by atoms with van der Waals surface area (Å²) in [4.78, 5) is 24.4. The Bertz CT molecular complexity index is 564. The second kappa shape index (κ2) is 12.1. The molecule has 1 aromatic carbocycles. The lowest BCUT2D eigenvalue weighted by Gasteiger charge is -2.28. The molecule has 1 aliphatic rings. The van der Waals surface area contributed by atoms with Crippen molar-refractivity contribution < 1.29 is 9.59 Å². The molecule has 1 aliphatic carbocycles. The molecule has 1 aromatic rings. The smallest absolute Gasteiger partial charge is 0.170 e. The Morgan fingerprint density at radius 2 is 1.52 bits per heavy atom. The summed E-state index contributed by atoms with van der Waals surface area (Å²) in [6, 6.07) is 8.11. The van der Waals surface area contributed by atoms with Gasteiger partial charge in [0.15, 0.2) is 5.78 Å². The van der Waals surface area contributed by atoms with Gasteiger partial charge >= 0.3 is 0 Å². The topological polar surface area (TPSA) is 34.1 Å². The number of rotatable bonds is 12. The lowest BCUT2D eigenvalue weighted by Crippen LogP contribution is -2.13. The number of ketones is 2. The summed E-state index contributed by atoms with van der Waals surface area (Å²) in [5.74, 6) is 1.63. The molecule has 0 heterocycles. The third-order valence-corrected chi connectivity index (χ3v) is 6.16. The molecular weight excluding hydrogens is 332 g/mol. The molecule has 150 valence electrons. The van der Waals surface area contributed by atoms with E-state index in [1.807, 2.05) is 12.1 Å². The van der Waals surface area contributed by atoms with Gasteiger partial charge in [-0.05, 0) is 49.5 Å². The van der Waals surface area contributed by atoms with Crippen molar-refractivity contribution in [3.05, 3.63) is 35.4 Å². The van der Waals surface area contributed by atoms with E-state index >= 15 is 0 Å². The van der Waals surface area contributed by atoms with Crippen LogP contribution in [0, 0.1) is 5.92 Å². The quantitative estimate of drug-likeness (QED) is 0.220. The van der Waals surface area contributed by atoms with E-state index < -0.39 is 0 Å². The standard InChI is InChI=1S/C25H38O2/c1-3-5-6-7-8-10-24(26)19-25(27)23-17-15-22(16-18-23)21-13-11-20(9-4-2)12-14-21/h15-18,20-21H,3-14,19H2,1-2H3. The molecule has 0 aromatic heterocycles. The highest BCUT2D eigenvalue weighted by Gasteiger charge is 2.22. The van der Waals surface area contributed by atoms with E-state index in [1.54, 1.807) is 0 Å². The van der Waals surface area contributed by atoms with E-state index in [1.165, 1.54) is 63.4 Å². The van der Waals surface area contributed by atoms with Crippen LogP contribution in [0.4, 0.5) is 0 Å². The van der Waals surface area contributed by atoms with Crippen LogP contribution in [0.25, 0.3) is 0 Å². The zero-order valence-corrected chi connectivity index (χ0v) is 17.5. The summed E-state index contributed by atoms with van der Waals surface area (Å²) >= 11 is 0. The summed E-state index contributed by atoms with van der Waals surface area (Å²) < 4.78 is 0. The van der Waals surface area contributed by atoms with Crippen LogP contribution in [-0.2, 0) is 4.79 Å². The molecule has 0 N–H and O–H groups in total. The van der Waals surface area contributed by atoms with Gasteiger partial charge in [0.25, 0.3) is 0 Å². The third-order valence-electron chi connectivity index (χ3n) is 6.16. The van der Waals surface area contributed by atoms with Crippen LogP contribution < -0.4 is 0 Å². The van der Waals surface area contributed by atoms with Gasteiger partial charge in [-0.25, -0.2) is 0 Å². The molecule has 0 atom stereocenters. The van der Waals surface area contributed by atoms with E-state index in [2.05, 4.69) is 26.0 Å². The summed E-state index contributed by atoms with van der Waals surface area (Å²) in [6.07, 6.45) is 14.2. The maximum atomic E-state index is 12.4. The fourth-order valence-electron chi connectivity index (χ4n) is 4.43. The van der Waals surface area contributed by atoms with Crippen LogP contribution in [0.5, 0.6) is 0 Å². The molecule has 2 rings (SSSR count). The molecule has 27 heavy (non-hydrogen) atoms. The SMILES string of the molecule is CCCCCCCC(=O)CC(=O)c1ccc(C2CCC(CCC)CC2)cc1. The highest BCUT2D eigenvalue weighted by atomic mass is 16.1. The molecule has 0 amide bonds. The number of Topliss-reactive ketones (excluding diaryl/α,β-unsaturated/α-hetero) is 2. The molecule has 2 heteroatoms. The Hall–Kier alpha value is -1.44. The lowest BCUT2D eigenvalue weighted by atomic mass is 9.77. The molecule has 0 saturated heterocycles. The van der Waals surface area contributed by atoms with E-state index in [0.29, 0.717) is 17.9 Å². The molecular formula is C25H38O2. The average molecular weight is 371 g/mol. The van der Waals surface area contributed by atoms with Gasteiger partial charge < -0.3 is 0 Å². The number of carbonyl (C=O) groups is 2. The second-order valence-electron chi connectivity index (χ2n) is 8.43. The van der Waals surface area contributed by atoms with Crippen molar-refractivity contribution in [2.75, 3.05) is 0 Å². The van der Waals surface area contributed by atoms with Crippen LogP contribution >= 0.6 is 0 Å². The zero-order valence-electron chi connectivity index (χ0n) is 17.5. The van der Waals surface area contributed by atoms with Crippen molar-refractivity contribution in [1.29, 1.82) is 0 Å². The molecule has 0 bridgehead atoms. The van der Waals surface area contributed by atoms with Gasteiger partial charge in [-0.3, -0.25) is 9.59 Å². The molecule has 0 spiro atoms.